The Morgan fingerprint density at radius 1 is 0.963 bits per heavy atom. The highest BCUT2D eigenvalue weighted by atomic mass is 16.1. The number of nitrogens with one attached hydrogen (secondary N) is 1. The monoisotopic (exact) mass is 358 g/mol. The van der Waals surface area contributed by atoms with Crippen molar-refractivity contribution in [3.8, 4) is 0 Å². The van der Waals surface area contributed by atoms with Gasteiger partial charge in [0.2, 0.25) is 5.96 Å². The van der Waals surface area contributed by atoms with Gasteiger partial charge in [-0.25, -0.2) is 4.99 Å². The molecule has 0 radical (unpaired) electrons. The van der Waals surface area contributed by atoms with Crippen LogP contribution in [0.4, 0.5) is 5.69 Å². The number of hydrogen-bond donors (Lipinski definition) is 1. The summed E-state index contributed by atoms with van der Waals surface area (Å²) in [6.45, 7) is 1.81. The third-order valence-electron chi connectivity index (χ3n) is 4.74. The number of aromatic nitrogens is 1. The van der Waals surface area contributed by atoms with Gasteiger partial charge in [-0.2, -0.15) is 0 Å². The number of likely N-dealkylation sites (tertiary alicyclic amines) is 1. The second kappa shape index (κ2) is 7.99. The van der Waals surface area contributed by atoms with Crippen molar-refractivity contribution in [1.29, 1.82) is 0 Å². The van der Waals surface area contributed by atoms with E-state index in [2.05, 4.69) is 15.2 Å². The van der Waals surface area contributed by atoms with Gasteiger partial charge in [-0.05, 0) is 55.7 Å². The van der Waals surface area contributed by atoms with E-state index in [9.17, 15) is 4.79 Å². The van der Waals surface area contributed by atoms with Crippen molar-refractivity contribution in [3.05, 3.63) is 72.4 Å². The summed E-state index contributed by atoms with van der Waals surface area (Å²) in [5.74, 6) is 0.481. The number of guanidine groups is 1. The number of rotatable bonds is 2. The molecular formula is C22H22N4O. The van der Waals surface area contributed by atoms with E-state index in [1.54, 1.807) is 6.20 Å². The lowest BCUT2D eigenvalue weighted by Crippen LogP contribution is -2.46. The lowest BCUT2D eigenvalue weighted by molar-refractivity contribution is 0.0971. The van der Waals surface area contributed by atoms with Gasteiger partial charge < -0.3 is 4.90 Å². The largest absolute Gasteiger partial charge is 0.342 e. The number of amides is 1. The SMILES string of the molecule is O=C(NC(=Nc1ccc2ncccc2c1)N1CCCCC1)c1ccccc1. The predicted octanol–water partition coefficient (Wildman–Crippen LogP) is 4.14. The number of aliphatic imine (C=N–C) groups is 1. The normalized spacial score (nSPS) is 15.0. The lowest BCUT2D eigenvalue weighted by atomic mass is 10.1. The predicted molar refractivity (Wildman–Crippen MR) is 108 cm³/mol. The number of carbonyl (C=O) groups is 1. The second-order valence-corrected chi connectivity index (χ2v) is 6.68. The molecule has 0 bridgehead atoms. The summed E-state index contributed by atoms with van der Waals surface area (Å²) in [4.78, 5) is 24.0. The van der Waals surface area contributed by atoms with E-state index < -0.39 is 0 Å². The lowest BCUT2D eigenvalue weighted by Gasteiger charge is -2.29. The van der Waals surface area contributed by atoms with Gasteiger partial charge in [0.25, 0.3) is 5.91 Å². The van der Waals surface area contributed by atoms with Crippen LogP contribution in [-0.2, 0) is 0 Å². The first kappa shape index (κ1) is 17.2. The van der Waals surface area contributed by atoms with Crippen LogP contribution in [-0.4, -0.2) is 34.8 Å². The molecule has 3 aromatic rings. The highest BCUT2D eigenvalue weighted by Crippen LogP contribution is 2.20. The van der Waals surface area contributed by atoms with Crippen LogP contribution < -0.4 is 5.32 Å². The van der Waals surface area contributed by atoms with Crippen LogP contribution in [0.15, 0.2) is 71.9 Å². The zero-order chi connectivity index (χ0) is 18.5. The van der Waals surface area contributed by atoms with Crippen molar-refractivity contribution < 1.29 is 4.79 Å². The molecule has 0 atom stereocenters. The smallest absolute Gasteiger partial charge is 0.257 e. The Kier molecular flexibility index (Phi) is 5.10. The van der Waals surface area contributed by atoms with Gasteiger partial charge in [0.05, 0.1) is 11.2 Å². The van der Waals surface area contributed by atoms with Crippen molar-refractivity contribution >= 4 is 28.5 Å². The fourth-order valence-electron chi connectivity index (χ4n) is 3.30. The maximum absolute atomic E-state index is 12.7. The third-order valence-corrected chi connectivity index (χ3v) is 4.74. The Morgan fingerprint density at radius 2 is 1.78 bits per heavy atom. The number of carbonyl (C=O) groups excluding carboxylic acids is 1. The van der Waals surface area contributed by atoms with E-state index >= 15 is 0 Å². The zero-order valence-corrected chi connectivity index (χ0v) is 15.1. The summed E-state index contributed by atoms with van der Waals surface area (Å²) in [6, 6.07) is 19.1. The van der Waals surface area contributed by atoms with E-state index in [0.29, 0.717) is 11.5 Å². The standard InChI is InChI=1S/C22H22N4O/c27-21(17-8-3-1-4-9-17)25-22(26-14-5-2-6-15-26)24-19-11-12-20-18(16-19)10-7-13-23-20/h1,3-4,7-13,16H,2,5-6,14-15H2,(H,24,25,27). The summed E-state index contributed by atoms with van der Waals surface area (Å²) in [6.07, 6.45) is 5.23. The van der Waals surface area contributed by atoms with Crippen molar-refractivity contribution in [1.82, 2.24) is 15.2 Å². The van der Waals surface area contributed by atoms with E-state index in [1.165, 1.54) is 6.42 Å². The molecule has 1 aromatic heterocycles. The molecule has 27 heavy (non-hydrogen) atoms. The summed E-state index contributed by atoms with van der Waals surface area (Å²) in [5, 5.41) is 4.05. The van der Waals surface area contributed by atoms with Gasteiger partial charge >= 0.3 is 0 Å². The van der Waals surface area contributed by atoms with Crippen LogP contribution in [0.3, 0.4) is 0 Å². The molecule has 1 amide bonds. The van der Waals surface area contributed by atoms with Crippen molar-refractivity contribution in [2.24, 2.45) is 4.99 Å². The number of piperidine rings is 1. The minimum Gasteiger partial charge on any atom is -0.342 e. The van der Waals surface area contributed by atoms with Crippen LogP contribution in [0, 0.1) is 0 Å². The van der Waals surface area contributed by atoms with Gasteiger partial charge in [0.15, 0.2) is 0 Å². The van der Waals surface area contributed by atoms with Gasteiger partial charge in [-0.1, -0.05) is 24.3 Å². The van der Waals surface area contributed by atoms with Crippen LogP contribution in [0.5, 0.6) is 0 Å². The van der Waals surface area contributed by atoms with Crippen LogP contribution in [0.1, 0.15) is 29.6 Å². The highest BCUT2D eigenvalue weighted by molar-refractivity contribution is 6.06. The van der Waals surface area contributed by atoms with Gasteiger partial charge in [0.1, 0.15) is 0 Å². The quantitative estimate of drug-likeness (QED) is 0.553. The van der Waals surface area contributed by atoms with Crippen molar-refractivity contribution in [2.45, 2.75) is 19.3 Å². The number of pyridine rings is 1. The van der Waals surface area contributed by atoms with Crippen LogP contribution in [0.2, 0.25) is 0 Å². The first-order valence-electron chi connectivity index (χ1n) is 9.34. The van der Waals surface area contributed by atoms with E-state index in [0.717, 1.165) is 42.5 Å². The molecule has 0 unspecified atom stereocenters. The Bertz CT molecular complexity index is 962. The van der Waals surface area contributed by atoms with Gasteiger partial charge in [0, 0.05) is 30.2 Å². The summed E-state index contributed by atoms with van der Waals surface area (Å²) >= 11 is 0. The molecule has 2 aromatic carbocycles. The Morgan fingerprint density at radius 3 is 2.59 bits per heavy atom. The third kappa shape index (κ3) is 4.14. The van der Waals surface area contributed by atoms with Gasteiger partial charge in [-0.3, -0.25) is 15.1 Å². The maximum Gasteiger partial charge on any atom is 0.257 e. The minimum absolute atomic E-state index is 0.137. The molecule has 1 aliphatic heterocycles. The molecule has 2 heterocycles. The molecule has 0 spiro atoms. The van der Waals surface area contributed by atoms with E-state index in [4.69, 9.17) is 4.99 Å². The molecule has 5 heteroatoms. The Labute approximate surface area is 158 Å². The number of nitrogens with zero attached hydrogens (tertiary/aromatic N) is 3. The fraction of sp³-hybridized carbons (Fsp3) is 0.227. The number of fused-ring (bicyclic) bond motifs is 1. The minimum atomic E-state index is -0.137. The molecule has 4 rings (SSSR count). The molecule has 136 valence electrons. The highest BCUT2D eigenvalue weighted by Gasteiger charge is 2.18. The first-order valence-corrected chi connectivity index (χ1v) is 9.34. The molecule has 0 aliphatic carbocycles. The molecule has 1 N–H and O–H groups in total. The summed E-state index contributed by atoms with van der Waals surface area (Å²) < 4.78 is 0. The molecule has 1 aliphatic rings. The zero-order valence-electron chi connectivity index (χ0n) is 15.1. The maximum atomic E-state index is 12.7. The van der Waals surface area contributed by atoms with E-state index in [-0.39, 0.29) is 5.91 Å². The molecule has 5 nitrogen and oxygen atoms in total. The molecule has 0 saturated carbocycles. The molecule has 1 fully saturated rings. The second-order valence-electron chi connectivity index (χ2n) is 6.68. The summed E-state index contributed by atoms with van der Waals surface area (Å²) in [7, 11) is 0. The fourth-order valence-corrected chi connectivity index (χ4v) is 3.30. The first-order chi connectivity index (χ1) is 13.3. The molecule has 1 saturated heterocycles. The van der Waals surface area contributed by atoms with Crippen molar-refractivity contribution in [3.63, 3.8) is 0 Å². The van der Waals surface area contributed by atoms with Crippen LogP contribution in [0.25, 0.3) is 10.9 Å². The van der Waals surface area contributed by atoms with Gasteiger partial charge in [-0.15, -0.1) is 0 Å². The van der Waals surface area contributed by atoms with Crippen molar-refractivity contribution in [2.75, 3.05) is 13.1 Å². The Hall–Kier alpha value is -3.21. The Balaban J connectivity index is 1.65. The molecular weight excluding hydrogens is 336 g/mol. The topological polar surface area (TPSA) is 57.6 Å². The average molecular weight is 358 g/mol. The number of hydrogen-bond acceptors (Lipinski definition) is 3. The van der Waals surface area contributed by atoms with E-state index in [1.807, 2.05) is 60.7 Å². The average Bonchev–Trinajstić information content (AvgIpc) is 2.74. The summed E-state index contributed by atoms with van der Waals surface area (Å²) in [5.41, 5.74) is 2.37. The van der Waals surface area contributed by atoms with Crippen LogP contribution >= 0.6 is 0 Å². The number of benzene rings is 2.